The molecule has 512 valence electrons. The first-order valence-electron chi connectivity index (χ1n) is 24.2. The van der Waals surface area contributed by atoms with Crippen LogP contribution in [0.25, 0.3) is 43.1 Å². The van der Waals surface area contributed by atoms with E-state index in [0.29, 0.717) is 0 Å². The molecule has 1 aliphatic carbocycles. The molecule has 0 fully saturated rings. The summed E-state index contributed by atoms with van der Waals surface area (Å²) in [5.74, 6) is -51.1. The molecule has 0 amide bonds. The summed E-state index contributed by atoms with van der Waals surface area (Å²) in [4.78, 5) is 35.9. The summed E-state index contributed by atoms with van der Waals surface area (Å²) in [6, 6.07) is -3.12. The third-order valence-corrected chi connectivity index (χ3v) is 22.0. The fourth-order valence-corrected chi connectivity index (χ4v) is 17.5. The molecule has 96 heavy (non-hydrogen) atoms. The lowest BCUT2D eigenvalue weighted by atomic mass is 9.82. The van der Waals surface area contributed by atoms with Crippen LogP contribution >= 0.6 is 0 Å². The molecule has 8 aromatic rings. The van der Waals surface area contributed by atoms with E-state index in [0.717, 1.165) is 0 Å². The Morgan fingerprint density at radius 1 is 0.229 bits per heavy atom. The fourth-order valence-electron chi connectivity index (χ4n) is 11.4. The van der Waals surface area contributed by atoms with E-state index >= 15 is 40.9 Å². The highest BCUT2D eigenvalue weighted by molar-refractivity contribution is 7.87. The van der Waals surface area contributed by atoms with Gasteiger partial charge in [-0.15, -0.1) is 0 Å². The number of hydrogen-bond acceptors (Lipinski definition) is 28. The number of carbonyl (C=O) groups is 4. The van der Waals surface area contributed by atoms with E-state index in [4.69, 9.17) is 0 Å². The smallest absolute Gasteiger partial charge is 0.315 e. The molecule has 0 heterocycles. The van der Waals surface area contributed by atoms with Gasteiger partial charge in [0.05, 0.1) is 39.2 Å². The molecule has 48 heteroatoms. The quantitative estimate of drug-likeness (QED) is 0.0519. The lowest BCUT2D eigenvalue weighted by Crippen LogP contribution is -2.26. The predicted octanol–water partition coefficient (Wildman–Crippen LogP) is -3.96. The van der Waals surface area contributed by atoms with Crippen LogP contribution in [0.2, 0.25) is 0 Å². The molecule has 1 aliphatic rings. The van der Waals surface area contributed by atoms with Gasteiger partial charge in [0.25, 0.3) is 80.9 Å². The molecule has 0 spiro atoms. The standard InChI is InChI=1S/C48H32O40S8/c49-37-21-9-1-13(89(65,66)67)25(37)33(45(57)58)27-15(91(71,72)73)3-10-4-17(93(77,78)79)29(40(52)22(10)39(27)51)35(47(61)62)30-19(95(83,84)85)7-12-8-20(96(86,87)88)32(44(56)24(12)43(30)55)36(48(63)64)31-18(94(80,81)82)6-11-5-16(92(74,75)76)28(41(53)23(11)42(31)54)34(46(59)60)26(38(21)50)14(2-9)90(68,69)70/h1-8,33-36,49-56H,(H,57,58)(H,59,60)(H,61,62)(H,63,64)(H,65,66,67)(H,68,69,70)(H,71,72,73)(H,74,75,76)(H,77,78,79)(H,80,81,82)(H,83,84,85)(H,86,87,88)/p-8. The SMILES string of the molecule is O=C(O)C1c2c(S(=O)(=O)O)cc3cc(S(=O)(=O)O)c(c([O-])c3c2[O-])C(C(=O)O)c2c(S(=O)(=O)O)cc3cc(S(=O)(=O)O)c(c([O-])c3c2[O-])C(C(=O)O)c2c(S(=O)(=O)O)cc3cc(S(=O)(=O)O)c(c([O-])c3c2[O-])C(C(=O)O)c2c(S(=O)(=O)O)cc3cc(S(=O)(=O)O)c1c([O-])c3c2[O-]. The summed E-state index contributed by atoms with van der Waals surface area (Å²) in [7, 11) is -52.9. The molecule has 0 saturated carbocycles. The van der Waals surface area contributed by atoms with Crippen molar-refractivity contribution in [1.29, 1.82) is 0 Å². The van der Waals surface area contributed by atoms with Gasteiger partial charge in [0, 0.05) is 0 Å². The van der Waals surface area contributed by atoms with Gasteiger partial charge in [-0.3, -0.25) is 55.6 Å². The van der Waals surface area contributed by atoms with Crippen LogP contribution in [0.4, 0.5) is 0 Å². The first kappa shape index (κ1) is 70.7. The van der Waals surface area contributed by atoms with Crippen LogP contribution in [-0.4, -0.2) is 148 Å². The van der Waals surface area contributed by atoms with E-state index in [2.05, 4.69) is 0 Å². The summed E-state index contributed by atoms with van der Waals surface area (Å²) < 4.78 is 299. The monoisotopic (exact) mass is 1500 g/mol. The molecule has 0 aromatic heterocycles. The fraction of sp³-hybridized carbons (Fsp3) is 0.0833. The zero-order chi connectivity index (χ0) is 72.8. The van der Waals surface area contributed by atoms with Crippen molar-refractivity contribution in [1.82, 2.24) is 0 Å². The summed E-state index contributed by atoms with van der Waals surface area (Å²) in [5.41, 5.74) is -20.0. The molecule has 0 atom stereocenters. The Morgan fingerprint density at radius 3 is 0.396 bits per heavy atom. The van der Waals surface area contributed by atoms with Crippen LogP contribution in [0.15, 0.2) is 87.7 Å². The van der Waals surface area contributed by atoms with E-state index in [9.17, 15) is 143 Å². The number of aliphatic carboxylic acids is 4. The number of hydrogen-bond donors (Lipinski definition) is 12. The van der Waals surface area contributed by atoms with E-state index in [1.807, 2.05) is 0 Å². The number of fused-ring (bicyclic) bond motifs is 8. The zero-order valence-corrected chi connectivity index (χ0v) is 51.5. The van der Waals surface area contributed by atoms with Crippen LogP contribution in [0, 0.1) is 0 Å². The zero-order valence-electron chi connectivity index (χ0n) is 45.0. The average molecular weight is 1500 g/mol. The highest BCUT2D eigenvalue weighted by Gasteiger charge is 2.43. The van der Waals surface area contributed by atoms with Crippen LogP contribution in [-0.2, 0) is 100 Å². The maximum absolute atomic E-state index is 15.2. The largest absolute Gasteiger partial charge is 0.872 e. The van der Waals surface area contributed by atoms with Crippen molar-refractivity contribution in [3.05, 3.63) is 93.0 Å². The van der Waals surface area contributed by atoms with Gasteiger partial charge in [-0.05, 0) is 136 Å². The highest BCUT2D eigenvalue weighted by Crippen LogP contribution is 2.57. The van der Waals surface area contributed by atoms with Gasteiger partial charge in [0.15, 0.2) is 0 Å². The Hall–Kier alpha value is -9.64. The molecule has 0 unspecified atom stereocenters. The maximum Gasteiger partial charge on any atom is 0.315 e. The Morgan fingerprint density at radius 2 is 0.323 bits per heavy atom. The van der Waals surface area contributed by atoms with Gasteiger partial charge in [0.2, 0.25) is 0 Å². The Kier molecular flexibility index (Phi) is 16.2. The van der Waals surface area contributed by atoms with Crippen LogP contribution in [0.5, 0.6) is 46.0 Å². The lowest BCUT2D eigenvalue weighted by molar-refractivity contribution is -0.277. The van der Waals surface area contributed by atoms with Gasteiger partial charge in [-0.25, -0.2) is 0 Å². The number of carboxylic acid groups (broad SMARTS) is 4. The molecular weight excluding hydrogens is 1470 g/mol. The van der Waals surface area contributed by atoms with Crippen molar-refractivity contribution < 1.29 is 184 Å². The number of carboxylic acids is 4. The molecule has 0 radical (unpaired) electrons. The minimum atomic E-state index is -6.62. The second-order valence-corrected chi connectivity index (χ2v) is 31.3. The molecule has 12 N–H and O–H groups in total. The topological polar surface area (TPSA) is 769 Å². The van der Waals surface area contributed by atoms with Crippen molar-refractivity contribution in [3.63, 3.8) is 0 Å². The molecule has 0 saturated heterocycles. The van der Waals surface area contributed by atoms with Gasteiger partial charge in [-0.2, -0.15) is 67.3 Å². The molecule has 40 nitrogen and oxygen atoms in total. The van der Waals surface area contributed by atoms with Crippen molar-refractivity contribution in [2.24, 2.45) is 0 Å². The van der Waals surface area contributed by atoms with Crippen molar-refractivity contribution in [3.8, 4) is 46.0 Å². The van der Waals surface area contributed by atoms with Crippen molar-refractivity contribution >= 4 is 148 Å². The normalized spacial score (nSPS) is 16.8. The molecule has 12 bridgehead atoms. The second kappa shape index (κ2) is 21.9. The summed E-state index contributed by atoms with van der Waals surface area (Å²) >= 11 is 0. The minimum absolute atomic E-state index is 0.390. The Balaban J connectivity index is 1.74. The van der Waals surface area contributed by atoms with E-state index in [1.54, 1.807) is 0 Å². The third kappa shape index (κ3) is 11.0. The van der Waals surface area contributed by atoms with Gasteiger partial charge in [-0.1, -0.05) is 46.0 Å². The highest BCUT2D eigenvalue weighted by atomic mass is 32.2. The first-order valence-corrected chi connectivity index (χ1v) is 35.7. The van der Waals surface area contributed by atoms with Crippen molar-refractivity contribution in [2.75, 3.05) is 0 Å². The number of benzene rings is 8. The third-order valence-electron chi connectivity index (χ3n) is 14.9. The summed E-state index contributed by atoms with van der Waals surface area (Å²) in [6.45, 7) is 0. The van der Waals surface area contributed by atoms with E-state index in [1.165, 1.54) is 0 Å². The van der Waals surface area contributed by atoms with Gasteiger partial charge in [0.1, 0.15) is 23.7 Å². The molecule has 8 aromatic carbocycles. The minimum Gasteiger partial charge on any atom is -0.872 e. The summed E-state index contributed by atoms with van der Waals surface area (Å²) in [5, 5.41) is 149. The predicted molar refractivity (Wildman–Crippen MR) is 288 cm³/mol. The lowest BCUT2D eigenvalue weighted by Gasteiger charge is -2.36. The second-order valence-electron chi connectivity index (χ2n) is 20.2. The number of rotatable bonds is 12. The van der Waals surface area contributed by atoms with E-state index in [-0.39, 0.29) is 0 Å². The average Bonchev–Trinajstić information content (AvgIpc) is 0.717. The first-order chi connectivity index (χ1) is 43.4. The maximum atomic E-state index is 15.2. The van der Waals surface area contributed by atoms with Gasteiger partial charge < -0.3 is 61.3 Å². The van der Waals surface area contributed by atoms with Crippen molar-refractivity contribution in [2.45, 2.75) is 62.8 Å². The van der Waals surface area contributed by atoms with Gasteiger partial charge >= 0.3 is 23.9 Å². The summed E-state index contributed by atoms with van der Waals surface area (Å²) in [6.07, 6.45) is 0. The van der Waals surface area contributed by atoms with Crippen LogP contribution < -0.4 is 40.9 Å². The van der Waals surface area contributed by atoms with Crippen LogP contribution in [0.1, 0.15) is 68.2 Å². The van der Waals surface area contributed by atoms with E-state index < -0.39 is 350 Å². The molecule has 0 aliphatic heterocycles. The molecular formula is C48H24O40S8-8. The van der Waals surface area contributed by atoms with Crippen LogP contribution in [0.3, 0.4) is 0 Å². The molecule has 9 rings (SSSR count). The Bertz CT molecular complexity index is 5000. The Labute approximate surface area is 530 Å².